The molecule has 3 aromatic rings. The monoisotopic (exact) mass is 654 g/mol. The summed E-state index contributed by atoms with van der Waals surface area (Å²) in [5.41, 5.74) is 1.12. The number of nitrogens with one attached hydrogen (secondary N) is 1. The third-order valence-corrected chi connectivity index (χ3v) is 7.79. The van der Waals surface area contributed by atoms with Crippen molar-refractivity contribution in [3.8, 4) is 5.75 Å². The third kappa shape index (κ3) is 9.22. The van der Waals surface area contributed by atoms with Gasteiger partial charge in [0.25, 0.3) is 5.91 Å². The van der Waals surface area contributed by atoms with Crippen molar-refractivity contribution in [1.82, 2.24) is 5.32 Å². The lowest BCUT2D eigenvalue weighted by molar-refractivity contribution is -0.155. The van der Waals surface area contributed by atoms with Crippen molar-refractivity contribution in [1.29, 1.82) is 0 Å². The minimum absolute atomic E-state index is 0.00769. The standard InChI is InChI=1S/C35H40Cl2N2O6/c1-23-6-8-24(9-7-23)17-19-38-33(42)35(18-16-30(41)45-34(2,3)4)31(28-15-12-26(36)22-29(28)37)44-32(39-35)25-10-13-27(14-11-25)43-21-5-20-40/h6-15,22,31,40H,5,16-21H2,1-4H3,(H,38,42)/t31-,35-/m1/s1. The first kappa shape index (κ1) is 34.3. The molecule has 1 aliphatic rings. The van der Waals surface area contributed by atoms with Gasteiger partial charge in [-0.15, -0.1) is 0 Å². The number of rotatable bonds is 13. The fourth-order valence-corrected chi connectivity index (χ4v) is 5.48. The second-order valence-corrected chi connectivity index (χ2v) is 12.9. The van der Waals surface area contributed by atoms with Crippen molar-refractivity contribution in [2.75, 3.05) is 19.8 Å². The highest BCUT2D eigenvalue weighted by Crippen LogP contribution is 2.45. The van der Waals surface area contributed by atoms with Gasteiger partial charge in [0.05, 0.1) is 6.61 Å². The summed E-state index contributed by atoms with van der Waals surface area (Å²) >= 11 is 12.9. The van der Waals surface area contributed by atoms with Crippen LogP contribution in [0.4, 0.5) is 0 Å². The number of carbonyl (C=O) groups is 2. The van der Waals surface area contributed by atoms with E-state index in [1.807, 2.05) is 31.2 Å². The molecular weight excluding hydrogens is 615 g/mol. The van der Waals surface area contributed by atoms with Crippen LogP contribution < -0.4 is 10.1 Å². The van der Waals surface area contributed by atoms with Crippen LogP contribution in [0.3, 0.4) is 0 Å². The number of aliphatic hydroxyl groups excluding tert-OH is 1. The summed E-state index contributed by atoms with van der Waals surface area (Å²) in [6.07, 6.45) is 0.0888. The number of hydrogen-bond donors (Lipinski definition) is 2. The SMILES string of the molecule is Cc1ccc(CCNC(=O)[C@]2(CCC(=O)OC(C)(C)C)N=C(c3ccc(OCCCO)cc3)O[C@@H]2c2ccc(Cl)cc2Cl)cc1. The summed E-state index contributed by atoms with van der Waals surface area (Å²) in [6.45, 7) is 8.16. The Bertz CT molecular complexity index is 1500. The molecule has 2 atom stereocenters. The normalized spacial score (nSPS) is 17.8. The molecule has 0 aromatic heterocycles. The molecule has 2 N–H and O–H groups in total. The summed E-state index contributed by atoms with van der Waals surface area (Å²) < 4.78 is 17.7. The minimum Gasteiger partial charge on any atom is -0.494 e. The van der Waals surface area contributed by atoms with E-state index in [4.69, 9.17) is 47.5 Å². The molecule has 0 fully saturated rings. The first-order valence-corrected chi connectivity index (χ1v) is 15.8. The molecule has 1 aliphatic heterocycles. The highest BCUT2D eigenvalue weighted by Gasteiger charge is 2.54. The van der Waals surface area contributed by atoms with Gasteiger partial charge in [-0.3, -0.25) is 9.59 Å². The number of aliphatic hydroxyl groups is 1. The van der Waals surface area contributed by atoms with Gasteiger partial charge in [0, 0.05) is 47.2 Å². The van der Waals surface area contributed by atoms with Gasteiger partial charge in [-0.25, -0.2) is 4.99 Å². The molecule has 0 unspecified atom stereocenters. The van der Waals surface area contributed by atoms with E-state index in [9.17, 15) is 9.59 Å². The second kappa shape index (κ2) is 15.1. The van der Waals surface area contributed by atoms with Crippen LogP contribution in [-0.4, -0.2) is 53.8 Å². The Balaban J connectivity index is 1.70. The smallest absolute Gasteiger partial charge is 0.306 e. The van der Waals surface area contributed by atoms with Gasteiger partial charge in [0.1, 0.15) is 11.4 Å². The van der Waals surface area contributed by atoms with Gasteiger partial charge in [-0.2, -0.15) is 0 Å². The third-order valence-electron chi connectivity index (χ3n) is 7.23. The highest BCUT2D eigenvalue weighted by atomic mass is 35.5. The Hall–Kier alpha value is -3.59. The lowest BCUT2D eigenvalue weighted by atomic mass is 9.83. The number of halogens is 2. The zero-order valence-electron chi connectivity index (χ0n) is 26.1. The van der Waals surface area contributed by atoms with Crippen molar-refractivity contribution in [3.05, 3.63) is 99.0 Å². The van der Waals surface area contributed by atoms with Gasteiger partial charge in [-0.05, 0) is 82.5 Å². The van der Waals surface area contributed by atoms with Crippen LogP contribution in [-0.2, 0) is 25.5 Å². The van der Waals surface area contributed by atoms with E-state index < -0.39 is 29.1 Å². The average molecular weight is 656 g/mol. The van der Waals surface area contributed by atoms with E-state index in [-0.39, 0.29) is 25.3 Å². The fourth-order valence-electron chi connectivity index (χ4n) is 4.97. The number of nitrogens with zero attached hydrogens (tertiary/aromatic N) is 1. The van der Waals surface area contributed by atoms with Crippen LogP contribution in [0.15, 0.2) is 71.7 Å². The van der Waals surface area contributed by atoms with Gasteiger partial charge >= 0.3 is 5.97 Å². The van der Waals surface area contributed by atoms with Crippen LogP contribution in [0.1, 0.15) is 68.4 Å². The predicted octanol–water partition coefficient (Wildman–Crippen LogP) is 6.80. The molecule has 0 aliphatic carbocycles. The number of amides is 1. The topological polar surface area (TPSA) is 106 Å². The number of aliphatic imine (C=N–C) groups is 1. The Morgan fingerprint density at radius 3 is 2.40 bits per heavy atom. The van der Waals surface area contributed by atoms with Crippen LogP contribution in [0.2, 0.25) is 10.0 Å². The molecule has 0 spiro atoms. The van der Waals surface area contributed by atoms with E-state index >= 15 is 0 Å². The predicted molar refractivity (Wildman–Crippen MR) is 176 cm³/mol. The van der Waals surface area contributed by atoms with Crippen LogP contribution >= 0.6 is 23.2 Å². The van der Waals surface area contributed by atoms with Crippen molar-refractivity contribution in [3.63, 3.8) is 0 Å². The number of ether oxygens (including phenoxy) is 3. The van der Waals surface area contributed by atoms with E-state index in [1.165, 1.54) is 0 Å². The summed E-state index contributed by atoms with van der Waals surface area (Å²) in [4.78, 5) is 32.2. The Morgan fingerprint density at radius 1 is 1.04 bits per heavy atom. The van der Waals surface area contributed by atoms with Gasteiger partial charge in [-0.1, -0.05) is 59.1 Å². The quantitative estimate of drug-likeness (QED) is 0.155. The van der Waals surface area contributed by atoms with Crippen LogP contribution in [0.25, 0.3) is 0 Å². The van der Waals surface area contributed by atoms with E-state index in [0.29, 0.717) is 52.9 Å². The van der Waals surface area contributed by atoms with Gasteiger partial charge in [0.2, 0.25) is 5.90 Å². The Morgan fingerprint density at radius 2 is 1.76 bits per heavy atom. The fraction of sp³-hybridized carbons (Fsp3) is 0.400. The highest BCUT2D eigenvalue weighted by molar-refractivity contribution is 6.35. The van der Waals surface area contributed by atoms with E-state index in [2.05, 4.69) is 5.32 Å². The van der Waals surface area contributed by atoms with E-state index in [1.54, 1.807) is 63.2 Å². The van der Waals surface area contributed by atoms with Crippen LogP contribution in [0, 0.1) is 6.92 Å². The molecule has 240 valence electrons. The first-order valence-electron chi connectivity index (χ1n) is 15.0. The van der Waals surface area contributed by atoms with E-state index in [0.717, 1.165) is 11.1 Å². The maximum Gasteiger partial charge on any atom is 0.306 e. The first-order chi connectivity index (χ1) is 21.4. The molecule has 3 aromatic carbocycles. The number of benzene rings is 3. The lowest BCUT2D eigenvalue weighted by Crippen LogP contribution is -2.49. The summed E-state index contributed by atoms with van der Waals surface area (Å²) in [6, 6.07) is 20.2. The van der Waals surface area contributed by atoms with Gasteiger partial charge < -0.3 is 24.6 Å². The maximum absolute atomic E-state index is 14.3. The number of esters is 1. The summed E-state index contributed by atoms with van der Waals surface area (Å²) in [5, 5.41) is 12.8. The molecule has 0 saturated carbocycles. The number of aryl methyl sites for hydroxylation is 1. The molecule has 0 radical (unpaired) electrons. The molecular formula is C35H40Cl2N2O6. The van der Waals surface area contributed by atoms with Crippen molar-refractivity contribution >= 4 is 41.0 Å². The number of hydrogen-bond acceptors (Lipinski definition) is 7. The molecule has 10 heteroatoms. The minimum atomic E-state index is -1.55. The summed E-state index contributed by atoms with van der Waals surface area (Å²) in [5.74, 6) is -0.00427. The Labute approximate surface area is 274 Å². The average Bonchev–Trinajstić information content (AvgIpc) is 3.37. The van der Waals surface area contributed by atoms with Crippen LogP contribution in [0.5, 0.6) is 5.75 Å². The van der Waals surface area contributed by atoms with Crippen molar-refractivity contribution in [2.45, 2.75) is 70.6 Å². The second-order valence-electron chi connectivity index (χ2n) is 12.0. The molecule has 45 heavy (non-hydrogen) atoms. The Kier molecular flexibility index (Phi) is 11.5. The summed E-state index contributed by atoms with van der Waals surface area (Å²) in [7, 11) is 0. The van der Waals surface area contributed by atoms with Crippen molar-refractivity contribution in [2.24, 2.45) is 4.99 Å². The lowest BCUT2D eigenvalue weighted by Gasteiger charge is -2.31. The van der Waals surface area contributed by atoms with Crippen molar-refractivity contribution < 1.29 is 28.9 Å². The molecule has 1 heterocycles. The number of carbonyl (C=O) groups excluding carboxylic acids is 2. The maximum atomic E-state index is 14.3. The molecule has 8 nitrogen and oxygen atoms in total. The molecule has 4 rings (SSSR count). The zero-order valence-corrected chi connectivity index (χ0v) is 27.6. The largest absolute Gasteiger partial charge is 0.494 e. The molecule has 0 saturated heterocycles. The van der Waals surface area contributed by atoms with Gasteiger partial charge in [0.15, 0.2) is 11.6 Å². The molecule has 0 bridgehead atoms. The zero-order chi connectivity index (χ0) is 32.6. The molecule has 1 amide bonds.